The van der Waals surface area contributed by atoms with Crippen LogP contribution in [0.2, 0.25) is 0 Å². The van der Waals surface area contributed by atoms with E-state index >= 15 is 0 Å². The first-order chi connectivity index (χ1) is 20.8. The lowest BCUT2D eigenvalue weighted by molar-refractivity contribution is -0.144. The van der Waals surface area contributed by atoms with Gasteiger partial charge in [0, 0.05) is 29.7 Å². The van der Waals surface area contributed by atoms with Crippen LogP contribution in [0.1, 0.15) is 19.4 Å². The van der Waals surface area contributed by atoms with Gasteiger partial charge in [0.1, 0.15) is 52.3 Å². The van der Waals surface area contributed by atoms with Gasteiger partial charge in [-0.25, -0.2) is 4.79 Å². The molecule has 4 aromatic rings. The molecule has 0 saturated heterocycles. The average molecular weight is 609 g/mol. The van der Waals surface area contributed by atoms with Crippen LogP contribution in [0, 0.1) is 5.92 Å². The zero-order valence-corrected chi connectivity index (χ0v) is 23.7. The monoisotopic (exact) mass is 608 g/mol. The van der Waals surface area contributed by atoms with Crippen molar-refractivity contribution in [3.63, 3.8) is 0 Å². The molecule has 12 heteroatoms. The molecule has 3 unspecified atom stereocenters. The zero-order chi connectivity index (χ0) is 32.1. The molecule has 0 amide bonds. The van der Waals surface area contributed by atoms with Crippen molar-refractivity contribution in [1.29, 1.82) is 0 Å². The predicted octanol–water partition coefficient (Wildman–Crippen LogP) is 3.03. The lowest BCUT2D eigenvalue weighted by atomic mass is 9.95. The number of aliphatic hydroxyl groups is 3. The van der Waals surface area contributed by atoms with Gasteiger partial charge in [-0.2, -0.15) is 0 Å². The van der Waals surface area contributed by atoms with Gasteiger partial charge in [-0.1, -0.05) is 19.1 Å². The summed E-state index contributed by atoms with van der Waals surface area (Å²) in [6.45, 7) is 2.52. The van der Waals surface area contributed by atoms with Crippen LogP contribution < -0.4 is 10.2 Å². The van der Waals surface area contributed by atoms with E-state index in [1.165, 1.54) is 56.3 Å². The number of carbonyl (C=O) groups excluding carboxylic acids is 1. The minimum atomic E-state index is -1.80. The molecular weight excluding hydrogens is 576 g/mol. The number of aromatic hydroxyl groups is 4. The van der Waals surface area contributed by atoms with Crippen LogP contribution in [-0.2, 0) is 9.53 Å². The van der Waals surface area contributed by atoms with Gasteiger partial charge in [0.15, 0.2) is 5.76 Å². The Kier molecular flexibility index (Phi) is 9.79. The number of ether oxygens (including phenoxy) is 2. The van der Waals surface area contributed by atoms with Crippen LogP contribution in [0.3, 0.4) is 0 Å². The molecule has 0 aliphatic rings. The Labute approximate surface area is 250 Å². The van der Waals surface area contributed by atoms with E-state index in [4.69, 9.17) is 13.9 Å². The standard InChI is InChI=1S/C32H32O12/c1-16(15-42-25(37)12-5-18-3-8-20(33)9-4-18)27(38)30(41)28(39)17(2)43-32-29(40)26-23(36)13-22(35)14-24(26)44-31(32)19-6-10-21(34)11-7-19/h3-14,16-17,27-28,30,33-36,38-39,41H,15H2,1-2H3/b12-5+/t16?,17-,27-,28?,30?/m1/s1. The second-order valence-electron chi connectivity index (χ2n) is 10.3. The summed E-state index contributed by atoms with van der Waals surface area (Å²) in [6, 6.07) is 13.7. The molecule has 0 fully saturated rings. The van der Waals surface area contributed by atoms with Crippen molar-refractivity contribution in [2.24, 2.45) is 5.92 Å². The highest BCUT2D eigenvalue weighted by atomic mass is 16.5. The first-order valence-electron chi connectivity index (χ1n) is 13.5. The van der Waals surface area contributed by atoms with Crippen molar-refractivity contribution in [3.8, 4) is 40.1 Å². The maximum absolute atomic E-state index is 13.5. The van der Waals surface area contributed by atoms with Crippen molar-refractivity contribution in [2.75, 3.05) is 6.61 Å². The minimum Gasteiger partial charge on any atom is -0.508 e. The molecule has 0 aliphatic carbocycles. The Bertz CT molecular complexity index is 1690. The van der Waals surface area contributed by atoms with Crippen LogP contribution in [0.25, 0.3) is 28.4 Å². The third-order valence-corrected chi connectivity index (χ3v) is 6.91. The molecule has 44 heavy (non-hydrogen) atoms. The topological polar surface area (TPSA) is 207 Å². The minimum absolute atomic E-state index is 0.0660. The van der Waals surface area contributed by atoms with Crippen molar-refractivity contribution in [2.45, 2.75) is 38.3 Å². The second kappa shape index (κ2) is 13.5. The van der Waals surface area contributed by atoms with Gasteiger partial charge < -0.3 is 49.6 Å². The summed E-state index contributed by atoms with van der Waals surface area (Å²) in [5.74, 6) is -3.08. The summed E-state index contributed by atoms with van der Waals surface area (Å²) in [4.78, 5) is 25.6. The lowest BCUT2D eigenvalue weighted by Crippen LogP contribution is -2.48. The van der Waals surface area contributed by atoms with Gasteiger partial charge in [-0.15, -0.1) is 0 Å². The van der Waals surface area contributed by atoms with Gasteiger partial charge in [0.05, 0.1) is 12.7 Å². The van der Waals surface area contributed by atoms with Crippen molar-refractivity contribution < 1.29 is 54.4 Å². The number of aliphatic hydroxyl groups excluding tert-OH is 3. The van der Waals surface area contributed by atoms with E-state index in [2.05, 4.69) is 0 Å². The molecule has 232 valence electrons. The largest absolute Gasteiger partial charge is 0.508 e. The normalized spacial score (nSPS) is 15.0. The maximum Gasteiger partial charge on any atom is 0.330 e. The van der Waals surface area contributed by atoms with Crippen molar-refractivity contribution in [1.82, 2.24) is 0 Å². The summed E-state index contributed by atoms with van der Waals surface area (Å²) in [5.41, 5.74) is -0.0889. The van der Waals surface area contributed by atoms with E-state index in [1.807, 2.05) is 0 Å². The zero-order valence-electron chi connectivity index (χ0n) is 23.7. The van der Waals surface area contributed by atoms with E-state index in [1.54, 1.807) is 12.1 Å². The molecule has 0 spiro atoms. The van der Waals surface area contributed by atoms with Crippen molar-refractivity contribution in [3.05, 3.63) is 82.5 Å². The number of hydrogen-bond donors (Lipinski definition) is 7. The smallest absolute Gasteiger partial charge is 0.330 e. The van der Waals surface area contributed by atoms with Crippen LogP contribution in [-0.4, -0.2) is 72.7 Å². The fourth-order valence-electron chi connectivity index (χ4n) is 4.36. The number of fused-ring (bicyclic) bond motifs is 1. The maximum atomic E-state index is 13.5. The number of phenols is 4. The summed E-state index contributed by atoms with van der Waals surface area (Å²) < 4.78 is 16.7. The molecular formula is C32H32O12. The van der Waals surface area contributed by atoms with E-state index < -0.39 is 53.2 Å². The molecule has 5 atom stereocenters. The van der Waals surface area contributed by atoms with Crippen LogP contribution in [0.5, 0.6) is 28.7 Å². The molecule has 0 saturated carbocycles. The fraction of sp³-hybridized carbons (Fsp3) is 0.250. The van der Waals surface area contributed by atoms with E-state index in [0.29, 0.717) is 5.56 Å². The van der Waals surface area contributed by atoms with E-state index in [-0.39, 0.29) is 46.1 Å². The number of benzene rings is 3. The highest BCUT2D eigenvalue weighted by Gasteiger charge is 2.35. The Hall–Kier alpha value is -5.04. The number of phenolic OH excluding ortho intramolecular Hbond substituents is 4. The molecule has 1 aromatic heterocycles. The van der Waals surface area contributed by atoms with Crippen LogP contribution in [0.4, 0.5) is 0 Å². The quantitative estimate of drug-likeness (QED) is 0.0969. The van der Waals surface area contributed by atoms with Gasteiger partial charge in [-0.3, -0.25) is 4.79 Å². The molecule has 7 N–H and O–H groups in total. The van der Waals surface area contributed by atoms with Gasteiger partial charge in [-0.05, 0) is 55.0 Å². The molecule has 0 bridgehead atoms. The van der Waals surface area contributed by atoms with Gasteiger partial charge in [0.25, 0.3) is 0 Å². The van der Waals surface area contributed by atoms with Gasteiger partial charge in [0.2, 0.25) is 11.2 Å². The van der Waals surface area contributed by atoms with Gasteiger partial charge >= 0.3 is 5.97 Å². The Morgan fingerprint density at radius 3 is 2.09 bits per heavy atom. The number of rotatable bonds is 11. The molecule has 3 aromatic carbocycles. The molecule has 0 aliphatic heterocycles. The SMILES string of the molecule is CC(COC(=O)/C=C/c1ccc(O)cc1)[C@@H](O)C(O)C(O)[C@@H](C)Oc1c(-c2ccc(O)cc2)oc2cc(O)cc(O)c2c1=O. The second-order valence-corrected chi connectivity index (χ2v) is 10.3. The lowest BCUT2D eigenvalue weighted by Gasteiger charge is -2.30. The fourth-order valence-corrected chi connectivity index (χ4v) is 4.36. The summed E-state index contributed by atoms with van der Waals surface area (Å²) >= 11 is 0. The number of esters is 1. The Balaban J connectivity index is 1.49. The summed E-state index contributed by atoms with van der Waals surface area (Å²) in [7, 11) is 0. The Morgan fingerprint density at radius 1 is 0.841 bits per heavy atom. The molecule has 1 heterocycles. The highest BCUT2D eigenvalue weighted by molar-refractivity contribution is 5.88. The van der Waals surface area contributed by atoms with E-state index in [0.717, 1.165) is 18.2 Å². The molecule has 4 rings (SSSR count). The summed E-state index contributed by atoms with van der Waals surface area (Å²) in [6.07, 6.45) is -3.83. The average Bonchev–Trinajstić information content (AvgIpc) is 2.99. The Morgan fingerprint density at radius 2 is 1.45 bits per heavy atom. The molecule has 12 nitrogen and oxygen atoms in total. The van der Waals surface area contributed by atoms with Crippen molar-refractivity contribution >= 4 is 23.0 Å². The third kappa shape index (κ3) is 7.29. The predicted molar refractivity (Wildman–Crippen MR) is 158 cm³/mol. The number of carbonyl (C=O) groups is 1. The van der Waals surface area contributed by atoms with Crippen LogP contribution in [0.15, 0.2) is 76.0 Å². The molecule has 0 radical (unpaired) electrons. The number of hydrogen-bond acceptors (Lipinski definition) is 12. The highest BCUT2D eigenvalue weighted by Crippen LogP contribution is 2.36. The van der Waals surface area contributed by atoms with Crippen LogP contribution >= 0.6 is 0 Å². The first kappa shape index (κ1) is 31.9. The third-order valence-electron chi connectivity index (χ3n) is 6.91. The summed E-state index contributed by atoms with van der Waals surface area (Å²) in [5, 5.41) is 71.2. The van der Waals surface area contributed by atoms with E-state index in [9.17, 15) is 45.3 Å². The first-order valence-corrected chi connectivity index (χ1v) is 13.5.